The fraction of sp³-hybridized carbons (Fsp3) is 0.480. The Labute approximate surface area is 208 Å². The van der Waals surface area contributed by atoms with Crippen LogP contribution >= 0.6 is 22.9 Å². The number of thiazole rings is 1. The van der Waals surface area contributed by atoms with E-state index in [-0.39, 0.29) is 5.28 Å². The van der Waals surface area contributed by atoms with E-state index in [2.05, 4.69) is 37.1 Å². The zero-order valence-electron chi connectivity index (χ0n) is 19.3. The van der Waals surface area contributed by atoms with E-state index in [0.717, 1.165) is 70.9 Å². The van der Waals surface area contributed by atoms with Crippen LogP contribution in [0, 0.1) is 18.8 Å². The van der Waals surface area contributed by atoms with E-state index in [4.69, 9.17) is 26.7 Å². The van der Waals surface area contributed by atoms with Gasteiger partial charge >= 0.3 is 0 Å². The van der Waals surface area contributed by atoms with Crippen molar-refractivity contribution in [2.24, 2.45) is 11.8 Å². The number of piperidine rings is 1. The lowest BCUT2D eigenvalue weighted by Crippen LogP contribution is -2.35. The highest BCUT2D eigenvalue weighted by Crippen LogP contribution is 2.45. The molecule has 9 heteroatoms. The summed E-state index contributed by atoms with van der Waals surface area (Å²) < 4.78 is 7.84. The van der Waals surface area contributed by atoms with Crippen molar-refractivity contribution in [3.63, 3.8) is 0 Å². The first-order valence-corrected chi connectivity index (χ1v) is 13.3. The maximum absolute atomic E-state index is 6.34. The number of likely N-dealkylation sites (tertiary alicyclic amines) is 1. The minimum absolute atomic E-state index is 0.199. The topological polar surface area (TPSA) is 86.0 Å². The summed E-state index contributed by atoms with van der Waals surface area (Å²) in [6.45, 7) is 5.22. The molecule has 2 aliphatic rings. The van der Waals surface area contributed by atoms with Crippen molar-refractivity contribution in [2.45, 2.75) is 51.6 Å². The molecule has 2 atom stereocenters. The number of nitrogens with zero attached hydrogens (tertiary/aromatic N) is 5. The van der Waals surface area contributed by atoms with Crippen LogP contribution in [0.1, 0.15) is 49.6 Å². The Balaban J connectivity index is 1.21. The molecule has 1 saturated carbocycles. The fourth-order valence-electron chi connectivity index (χ4n) is 5.94. The highest BCUT2D eigenvalue weighted by atomic mass is 35.5. The van der Waals surface area contributed by atoms with Gasteiger partial charge in [-0.15, -0.1) is 11.3 Å². The van der Waals surface area contributed by atoms with E-state index >= 15 is 0 Å². The number of anilines is 1. The van der Waals surface area contributed by atoms with Crippen molar-refractivity contribution in [1.82, 2.24) is 24.4 Å². The summed E-state index contributed by atoms with van der Waals surface area (Å²) in [6.07, 6.45) is 10.0. The minimum Gasteiger partial charge on any atom is -0.468 e. The third-order valence-electron chi connectivity index (χ3n) is 7.62. The van der Waals surface area contributed by atoms with Gasteiger partial charge in [-0.05, 0) is 87.7 Å². The van der Waals surface area contributed by atoms with Crippen LogP contribution in [-0.2, 0) is 6.54 Å². The highest BCUT2D eigenvalue weighted by molar-refractivity contribution is 7.13. The summed E-state index contributed by atoms with van der Waals surface area (Å²) in [5.41, 5.74) is 9.19. The Morgan fingerprint density at radius 3 is 2.74 bits per heavy atom. The smallest absolute Gasteiger partial charge is 0.226 e. The van der Waals surface area contributed by atoms with Gasteiger partial charge in [-0.1, -0.05) is 0 Å². The van der Waals surface area contributed by atoms with E-state index in [1.165, 1.54) is 25.7 Å². The molecule has 2 N–H and O–H groups in total. The molecule has 1 aliphatic heterocycles. The average molecular weight is 497 g/mol. The van der Waals surface area contributed by atoms with Gasteiger partial charge in [0.2, 0.25) is 5.28 Å². The molecular formula is C25H29ClN6OS. The number of halogens is 1. The SMILES string of the molecule is Cc1csc(-c2cn(C3CCC(C4CCN(Cc5ccco5)CC4)C3)c3nc(Cl)nc(N)c23)n1. The number of furan rings is 1. The Morgan fingerprint density at radius 1 is 1.15 bits per heavy atom. The van der Waals surface area contributed by atoms with Crippen LogP contribution in [0.4, 0.5) is 5.82 Å². The Morgan fingerprint density at radius 2 is 2.00 bits per heavy atom. The van der Waals surface area contributed by atoms with Crippen molar-refractivity contribution >= 4 is 39.8 Å². The van der Waals surface area contributed by atoms with Gasteiger partial charge < -0.3 is 14.7 Å². The molecule has 34 heavy (non-hydrogen) atoms. The molecule has 0 radical (unpaired) electrons. The van der Waals surface area contributed by atoms with Gasteiger partial charge in [-0.2, -0.15) is 4.98 Å². The number of fused-ring (bicyclic) bond motifs is 1. The normalized spacial score (nSPS) is 22.2. The number of hydrogen-bond donors (Lipinski definition) is 1. The van der Waals surface area contributed by atoms with E-state index in [9.17, 15) is 0 Å². The maximum Gasteiger partial charge on any atom is 0.226 e. The number of aromatic nitrogens is 4. The minimum atomic E-state index is 0.199. The molecule has 0 aromatic carbocycles. The van der Waals surface area contributed by atoms with Gasteiger partial charge in [0.1, 0.15) is 22.2 Å². The van der Waals surface area contributed by atoms with Gasteiger partial charge in [0.15, 0.2) is 0 Å². The first kappa shape index (κ1) is 22.1. The Bertz CT molecular complexity index is 1290. The summed E-state index contributed by atoms with van der Waals surface area (Å²) in [6, 6.07) is 4.44. The number of aryl methyl sites for hydroxylation is 1. The van der Waals surface area contributed by atoms with E-state index in [1.54, 1.807) is 17.6 Å². The molecule has 5 heterocycles. The second-order valence-electron chi connectivity index (χ2n) is 9.74. The third-order valence-corrected chi connectivity index (χ3v) is 8.78. The molecule has 7 nitrogen and oxygen atoms in total. The van der Waals surface area contributed by atoms with E-state index in [1.807, 2.05) is 13.0 Å². The van der Waals surface area contributed by atoms with E-state index < -0.39 is 0 Å². The van der Waals surface area contributed by atoms with Gasteiger partial charge in [0.25, 0.3) is 0 Å². The molecule has 1 saturated heterocycles. The first-order chi connectivity index (χ1) is 16.5. The molecule has 1 aliphatic carbocycles. The number of hydrogen-bond acceptors (Lipinski definition) is 7. The predicted octanol–water partition coefficient (Wildman–Crippen LogP) is 5.95. The van der Waals surface area contributed by atoms with Crippen LogP contribution < -0.4 is 5.73 Å². The van der Waals surface area contributed by atoms with Crippen molar-refractivity contribution in [2.75, 3.05) is 18.8 Å². The van der Waals surface area contributed by atoms with Crippen molar-refractivity contribution in [1.29, 1.82) is 0 Å². The summed E-state index contributed by atoms with van der Waals surface area (Å²) in [7, 11) is 0. The highest BCUT2D eigenvalue weighted by Gasteiger charge is 2.35. The van der Waals surface area contributed by atoms with Gasteiger partial charge in [0, 0.05) is 28.9 Å². The van der Waals surface area contributed by atoms with E-state index in [0.29, 0.717) is 11.9 Å². The van der Waals surface area contributed by atoms with Crippen molar-refractivity contribution in [3.8, 4) is 10.6 Å². The molecule has 0 bridgehead atoms. The number of rotatable bonds is 5. The molecule has 6 rings (SSSR count). The van der Waals surface area contributed by atoms with Crippen molar-refractivity contribution < 1.29 is 4.42 Å². The first-order valence-electron chi connectivity index (χ1n) is 12.1. The van der Waals surface area contributed by atoms with Gasteiger partial charge in [0.05, 0.1) is 18.2 Å². The Hall–Kier alpha value is -2.42. The standard InChI is InChI=1S/C25H29ClN6OS/c1-15-14-34-24(28-15)20-13-32(23-21(20)22(27)29-25(26)30-23)18-5-4-17(11-18)16-6-8-31(9-7-16)12-19-3-2-10-33-19/h2-3,10,13-14,16-18H,4-9,11-12H2,1H3,(H2,27,29,30). The maximum atomic E-state index is 6.34. The third kappa shape index (κ3) is 4.12. The van der Waals surface area contributed by atoms with Crippen LogP contribution in [0.2, 0.25) is 5.28 Å². The summed E-state index contributed by atoms with van der Waals surface area (Å²) in [4.78, 5) is 16.1. The largest absolute Gasteiger partial charge is 0.468 e. The van der Waals surface area contributed by atoms with Crippen LogP contribution in [0.3, 0.4) is 0 Å². The molecular weight excluding hydrogens is 468 g/mol. The lowest BCUT2D eigenvalue weighted by atomic mass is 9.83. The van der Waals surface area contributed by atoms with Crippen molar-refractivity contribution in [3.05, 3.63) is 46.7 Å². The quantitative estimate of drug-likeness (QED) is 0.344. The van der Waals surface area contributed by atoms with Gasteiger partial charge in [-0.3, -0.25) is 4.90 Å². The summed E-state index contributed by atoms with van der Waals surface area (Å²) in [5.74, 6) is 3.01. The molecule has 2 fully saturated rings. The second-order valence-corrected chi connectivity index (χ2v) is 10.9. The number of nitrogens with two attached hydrogens (primary N) is 1. The number of nitrogen functional groups attached to an aromatic ring is 1. The molecule has 2 unspecified atom stereocenters. The predicted molar refractivity (Wildman–Crippen MR) is 136 cm³/mol. The van der Waals surface area contributed by atoms with Crippen LogP contribution in [-0.4, -0.2) is 37.5 Å². The average Bonchev–Trinajstić information content (AvgIpc) is 3.61. The lowest BCUT2D eigenvalue weighted by molar-refractivity contribution is 0.134. The molecule has 178 valence electrons. The van der Waals surface area contributed by atoms with Crippen LogP contribution in [0.25, 0.3) is 21.6 Å². The Kier molecular flexibility index (Phi) is 5.83. The molecule has 0 spiro atoms. The molecule has 4 aromatic rings. The van der Waals surface area contributed by atoms with Crippen LogP contribution in [0.5, 0.6) is 0 Å². The fourth-order valence-corrected chi connectivity index (χ4v) is 6.93. The van der Waals surface area contributed by atoms with Crippen LogP contribution in [0.15, 0.2) is 34.4 Å². The molecule has 0 amide bonds. The summed E-state index contributed by atoms with van der Waals surface area (Å²) in [5, 5.41) is 4.09. The summed E-state index contributed by atoms with van der Waals surface area (Å²) >= 11 is 7.87. The lowest BCUT2D eigenvalue weighted by Gasteiger charge is -2.34. The zero-order valence-corrected chi connectivity index (χ0v) is 20.9. The monoisotopic (exact) mass is 496 g/mol. The molecule has 4 aromatic heterocycles. The van der Waals surface area contributed by atoms with Gasteiger partial charge in [-0.25, -0.2) is 9.97 Å². The zero-order chi connectivity index (χ0) is 23.2. The second kappa shape index (κ2) is 8.98.